The summed E-state index contributed by atoms with van der Waals surface area (Å²) in [7, 11) is -1.28. The normalized spacial score (nSPS) is 10.8. The van der Waals surface area contributed by atoms with Crippen LogP contribution >= 0.6 is 15.9 Å². The molecule has 0 aliphatic carbocycles. The molecule has 1 rings (SSSR count). The number of halogens is 1. The van der Waals surface area contributed by atoms with Crippen LogP contribution in [0, 0.1) is 25.3 Å². The van der Waals surface area contributed by atoms with Crippen molar-refractivity contribution < 1.29 is 0 Å². The molecule has 0 aliphatic rings. The van der Waals surface area contributed by atoms with Crippen molar-refractivity contribution in [3.63, 3.8) is 0 Å². The highest BCUT2D eigenvalue weighted by Crippen LogP contribution is 2.21. The first kappa shape index (κ1) is 12.5. The highest BCUT2D eigenvalue weighted by atomic mass is 79.9. The molecular formula is C13H17BrSi. The van der Waals surface area contributed by atoms with E-state index in [4.69, 9.17) is 0 Å². The van der Waals surface area contributed by atoms with Gasteiger partial charge in [-0.05, 0) is 47.0 Å². The molecule has 0 atom stereocenters. The summed E-state index contributed by atoms with van der Waals surface area (Å²) >= 11 is 3.58. The second-order valence-corrected chi connectivity index (χ2v) is 10.5. The van der Waals surface area contributed by atoms with Crippen molar-refractivity contribution in [1.82, 2.24) is 0 Å². The van der Waals surface area contributed by atoms with Gasteiger partial charge in [0, 0.05) is 10.0 Å². The summed E-state index contributed by atoms with van der Waals surface area (Å²) in [5.41, 5.74) is 7.07. The van der Waals surface area contributed by atoms with E-state index in [2.05, 4.69) is 73.0 Å². The number of benzene rings is 1. The summed E-state index contributed by atoms with van der Waals surface area (Å²) in [4.78, 5) is 0. The molecule has 0 saturated heterocycles. The van der Waals surface area contributed by atoms with Gasteiger partial charge >= 0.3 is 0 Å². The van der Waals surface area contributed by atoms with Gasteiger partial charge in [0.2, 0.25) is 0 Å². The zero-order chi connectivity index (χ0) is 11.6. The first-order valence-corrected chi connectivity index (χ1v) is 9.39. The number of hydrogen-bond acceptors (Lipinski definition) is 0. The van der Waals surface area contributed by atoms with Gasteiger partial charge in [-0.2, -0.15) is 0 Å². The molecular weight excluding hydrogens is 264 g/mol. The van der Waals surface area contributed by atoms with Crippen LogP contribution in [0.3, 0.4) is 0 Å². The Morgan fingerprint density at radius 1 is 1.13 bits per heavy atom. The van der Waals surface area contributed by atoms with Crippen LogP contribution in [0.2, 0.25) is 19.6 Å². The molecule has 0 bridgehead atoms. The molecule has 0 nitrogen and oxygen atoms in total. The Kier molecular flexibility index (Phi) is 3.80. The summed E-state index contributed by atoms with van der Waals surface area (Å²) in [6, 6.07) is 4.31. The Labute approximate surface area is 102 Å². The molecule has 0 spiro atoms. The van der Waals surface area contributed by atoms with Crippen LogP contribution in [0.25, 0.3) is 0 Å². The molecule has 0 N–H and O–H groups in total. The van der Waals surface area contributed by atoms with E-state index in [0.29, 0.717) is 0 Å². The van der Waals surface area contributed by atoms with E-state index in [0.717, 1.165) is 10.0 Å². The topological polar surface area (TPSA) is 0 Å². The maximum Gasteiger partial charge on any atom is 0.129 e. The van der Waals surface area contributed by atoms with Crippen LogP contribution in [0.1, 0.15) is 16.7 Å². The molecule has 1 aromatic carbocycles. The van der Waals surface area contributed by atoms with Gasteiger partial charge in [0.25, 0.3) is 0 Å². The molecule has 0 aliphatic heterocycles. The molecule has 0 amide bonds. The molecule has 0 unspecified atom stereocenters. The average Bonchev–Trinajstić information content (AvgIpc) is 1.99. The fourth-order valence-electron chi connectivity index (χ4n) is 1.32. The van der Waals surface area contributed by atoms with Crippen molar-refractivity contribution in [2.75, 3.05) is 0 Å². The molecule has 80 valence electrons. The zero-order valence-corrected chi connectivity index (χ0v) is 12.6. The quantitative estimate of drug-likeness (QED) is 0.491. The third kappa shape index (κ3) is 3.85. The fraction of sp³-hybridized carbons (Fsp3) is 0.385. The summed E-state index contributed by atoms with van der Waals surface area (Å²) in [6.07, 6.45) is 0. The van der Waals surface area contributed by atoms with E-state index in [9.17, 15) is 0 Å². The highest BCUT2D eigenvalue weighted by molar-refractivity contribution is 9.10. The molecule has 2 heteroatoms. The number of hydrogen-bond donors (Lipinski definition) is 0. The van der Waals surface area contributed by atoms with Gasteiger partial charge in [-0.25, -0.2) is 0 Å². The minimum Gasteiger partial charge on any atom is -0.127 e. The lowest BCUT2D eigenvalue weighted by Gasteiger charge is -2.06. The van der Waals surface area contributed by atoms with Crippen molar-refractivity contribution in [3.05, 3.63) is 33.3 Å². The second kappa shape index (κ2) is 4.55. The van der Waals surface area contributed by atoms with E-state index in [-0.39, 0.29) is 0 Å². The van der Waals surface area contributed by atoms with Gasteiger partial charge < -0.3 is 0 Å². The third-order valence-electron chi connectivity index (χ3n) is 1.99. The van der Waals surface area contributed by atoms with Crippen molar-refractivity contribution in [2.24, 2.45) is 0 Å². The van der Waals surface area contributed by atoms with Gasteiger partial charge in [-0.15, -0.1) is 5.54 Å². The van der Waals surface area contributed by atoms with Crippen LogP contribution in [0.15, 0.2) is 16.6 Å². The monoisotopic (exact) mass is 280 g/mol. The van der Waals surface area contributed by atoms with Gasteiger partial charge in [-0.1, -0.05) is 31.6 Å². The van der Waals surface area contributed by atoms with E-state index < -0.39 is 8.07 Å². The van der Waals surface area contributed by atoms with Crippen LogP contribution < -0.4 is 0 Å². The smallest absolute Gasteiger partial charge is 0.127 e. The summed E-state index contributed by atoms with van der Waals surface area (Å²) in [5.74, 6) is 3.31. The van der Waals surface area contributed by atoms with Crippen LogP contribution in [0.5, 0.6) is 0 Å². The summed E-state index contributed by atoms with van der Waals surface area (Å²) in [6.45, 7) is 11.0. The van der Waals surface area contributed by atoms with Gasteiger partial charge in [0.1, 0.15) is 8.07 Å². The summed E-state index contributed by atoms with van der Waals surface area (Å²) < 4.78 is 1.12. The lowest BCUT2D eigenvalue weighted by molar-refractivity contribution is 1.34. The van der Waals surface area contributed by atoms with E-state index in [1.807, 2.05) is 0 Å². The second-order valence-electron chi connectivity index (χ2n) is 4.94. The van der Waals surface area contributed by atoms with Crippen LogP contribution in [-0.2, 0) is 0 Å². The van der Waals surface area contributed by atoms with E-state index >= 15 is 0 Å². The standard InChI is InChI=1S/C13H17BrSi/c1-10-8-11(2)12(13(14)9-10)6-7-15(3,4)5/h8-9H,1-5H3. The number of rotatable bonds is 0. The Bertz CT molecular complexity index is 407. The molecule has 0 fully saturated rings. The van der Waals surface area contributed by atoms with Crippen molar-refractivity contribution >= 4 is 24.0 Å². The van der Waals surface area contributed by atoms with Crippen LogP contribution in [0.4, 0.5) is 0 Å². The Hall–Kier alpha value is -0.523. The van der Waals surface area contributed by atoms with Crippen LogP contribution in [-0.4, -0.2) is 8.07 Å². The molecule has 0 saturated carbocycles. The molecule has 1 aromatic rings. The molecule has 15 heavy (non-hydrogen) atoms. The maximum atomic E-state index is 3.58. The summed E-state index contributed by atoms with van der Waals surface area (Å²) in [5, 5.41) is 0. The first-order valence-electron chi connectivity index (χ1n) is 5.09. The third-order valence-corrected chi connectivity index (χ3v) is 3.49. The minimum absolute atomic E-state index is 1.12. The van der Waals surface area contributed by atoms with Crippen molar-refractivity contribution in [3.8, 4) is 11.5 Å². The largest absolute Gasteiger partial charge is 0.129 e. The Balaban J connectivity index is 3.20. The Morgan fingerprint density at radius 2 is 1.73 bits per heavy atom. The van der Waals surface area contributed by atoms with Crippen molar-refractivity contribution in [2.45, 2.75) is 33.5 Å². The predicted octanol–water partition coefficient (Wildman–Crippen LogP) is 4.29. The van der Waals surface area contributed by atoms with E-state index in [1.165, 1.54) is 11.1 Å². The highest BCUT2D eigenvalue weighted by Gasteiger charge is 2.08. The zero-order valence-electron chi connectivity index (χ0n) is 10.0. The maximum absolute atomic E-state index is 3.58. The Morgan fingerprint density at radius 3 is 2.20 bits per heavy atom. The SMILES string of the molecule is Cc1cc(C)c(C#C[Si](C)(C)C)c(Br)c1. The van der Waals surface area contributed by atoms with Gasteiger partial charge in [0.05, 0.1) is 0 Å². The predicted molar refractivity (Wildman–Crippen MR) is 73.8 cm³/mol. The van der Waals surface area contributed by atoms with Crippen molar-refractivity contribution in [1.29, 1.82) is 0 Å². The molecule has 0 radical (unpaired) electrons. The lowest BCUT2D eigenvalue weighted by Crippen LogP contribution is -2.16. The number of aryl methyl sites for hydroxylation is 2. The molecule has 0 aromatic heterocycles. The molecule has 0 heterocycles. The average molecular weight is 281 g/mol. The fourth-order valence-corrected chi connectivity index (χ4v) is 2.60. The minimum atomic E-state index is -1.28. The first-order chi connectivity index (χ1) is 6.79. The van der Waals surface area contributed by atoms with E-state index in [1.54, 1.807) is 0 Å². The van der Waals surface area contributed by atoms with Gasteiger partial charge in [-0.3, -0.25) is 0 Å². The van der Waals surface area contributed by atoms with Gasteiger partial charge in [0.15, 0.2) is 0 Å². The lowest BCUT2D eigenvalue weighted by atomic mass is 10.1.